The summed E-state index contributed by atoms with van der Waals surface area (Å²) in [5.41, 5.74) is 0.688. The lowest BCUT2D eigenvalue weighted by Crippen LogP contribution is -2.31. The van der Waals surface area contributed by atoms with Gasteiger partial charge in [0, 0.05) is 18.0 Å². The minimum absolute atomic E-state index is 0.556. The van der Waals surface area contributed by atoms with Gasteiger partial charge < -0.3 is 5.32 Å². The van der Waals surface area contributed by atoms with Crippen LogP contribution in [0, 0.1) is 11.3 Å². The SMILES string of the molecule is N#Cc1cccnc1S[C@H]1CCCNC1. The molecule has 1 aliphatic rings. The van der Waals surface area contributed by atoms with E-state index in [-0.39, 0.29) is 0 Å². The molecule has 15 heavy (non-hydrogen) atoms. The predicted molar refractivity (Wildman–Crippen MR) is 60.7 cm³/mol. The number of nitrogens with one attached hydrogen (secondary N) is 1. The zero-order valence-corrected chi connectivity index (χ0v) is 9.26. The van der Waals surface area contributed by atoms with Crippen LogP contribution < -0.4 is 5.32 Å². The number of hydrogen-bond acceptors (Lipinski definition) is 4. The Labute approximate surface area is 93.9 Å². The lowest BCUT2D eigenvalue weighted by molar-refractivity contribution is 0.531. The molecule has 3 nitrogen and oxygen atoms in total. The first kappa shape index (κ1) is 10.5. The van der Waals surface area contributed by atoms with E-state index < -0.39 is 0 Å². The molecule has 78 valence electrons. The van der Waals surface area contributed by atoms with E-state index in [1.165, 1.54) is 12.8 Å². The fraction of sp³-hybridized carbons (Fsp3) is 0.455. The van der Waals surface area contributed by atoms with Gasteiger partial charge in [0.2, 0.25) is 0 Å². The van der Waals surface area contributed by atoms with Crippen LogP contribution in [0.25, 0.3) is 0 Å². The van der Waals surface area contributed by atoms with Gasteiger partial charge in [0.25, 0.3) is 0 Å². The Balaban J connectivity index is 2.06. The van der Waals surface area contributed by atoms with Crippen LogP contribution in [0.2, 0.25) is 0 Å². The monoisotopic (exact) mass is 219 g/mol. The van der Waals surface area contributed by atoms with Crippen LogP contribution in [0.4, 0.5) is 0 Å². The summed E-state index contributed by atoms with van der Waals surface area (Å²) >= 11 is 1.72. The number of pyridine rings is 1. The molecule has 1 aliphatic heterocycles. The van der Waals surface area contributed by atoms with Crippen molar-refractivity contribution in [3.05, 3.63) is 23.9 Å². The fourth-order valence-electron chi connectivity index (χ4n) is 1.65. The molecule has 1 N–H and O–H groups in total. The molecule has 2 heterocycles. The Bertz CT molecular complexity index is 366. The molecule has 1 aromatic rings. The summed E-state index contributed by atoms with van der Waals surface area (Å²) in [6.07, 6.45) is 4.17. The highest BCUT2D eigenvalue weighted by Gasteiger charge is 2.16. The third kappa shape index (κ3) is 2.71. The molecule has 2 rings (SSSR count). The fourth-order valence-corrected chi connectivity index (χ4v) is 2.81. The van der Waals surface area contributed by atoms with E-state index in [9.17, 15) is 0 Å². The van der Waals surface area contributed by atoms with Gasteiger partial charge in [0.15, 0.2) is 0 Å². The molecule has 0 bridgehead atoms. The Hall–Kier alpha value is -1.05. The van der Waals surface area contributed by atoms with Crippen LogP contribution in [0.5, 0.6) is 0 Å². The van der Waals surface area contributed by atoms with Gasteiger partial charge in [-0.05, 0) is 31.5 Å². The number of nitrogens with zero attached hydrogens (tertiary/aromatic N) is 2. The third-order valence-electron chi connectivity index (χ3n) is 2.42. The zero-order chi connectivity index (χ0) is 10.5. The molecule has 1 saturated heterocycles. The standard InChI is InChI=1S/C11H13N3S/c12-7-9-3-1-6-14-11(9)15-10-4-2-5-13-8-10/h1,3,6,10,13H,2,4-5,8H2/t10-/m0/s1. The zero-order valence-electron chi connectivity index (χ0n) is 8.44. The highest BCUT2D eigenvalue weighted by atomic mass is 32.2. The summed E-state index contributed by atoms with van der Waals surface area (Å²) in [7, 11) is 0. The predicted octanol–water partition coefficient (Wildman–Crippen LogP) is 1.80. The smallest absolute Gasteiger partial charge is 0.114 e. The average Bonchev–Trinajstić information content (AvgIpc) is 2.31. The lowest BCUT2D eigenvalue weighted by Gasteiger charge is -2.21. The highest BCUT2D eigenvalue weighted by molar-refractivity contribution is 8.00. The van der Waals surface area contributed by atoms with Crippen molar-refractivity contribution < 1.29 is 0 Å². The molecule has 4 heteroatoms. The van der Waals surface area contributed by atoms with E-state index in [1.807, 2.05) is 12.1 Å². The second-order valence-corrected chi connectivity index (χ2v) is 4.84. The summed E-state index contributed by atoms with van der Waals surface area (Å²) in [5.74, 6) is 0. The molecule has 0 unspecified atom stereocenters. The van der Waals surface area contributed by atoms with E-state index in [0.29, 0.717) is 10.8 Å². The van der Waals surface area contributed by atoms with Crippen molar-refractivity contribution in [1.82, 2.24) is 10.3 Å². The molecule has 1 aromatic heterocycles. The van der Waals surface area contributed by atoms with Gasteiger partial charge in [-0.2, -0.15) is 5.26 Å². The molecular formula is C11H13N3S. The number of aromatic nitrogens is 1. The van der Waals surface area contributed by atoms with Gasteiger partial charge in [-0.15, -0.1) is 11.8 Å². The largest absolute Gasteiger partial charge is 0.316 e. The second kappa shape index (κ2) is 5.15. The molecule has 1 fully saturated rings. The van der Waals surface area contributed by atoms with E-state index in [4.69, 9.17) is 5.26 Å². The number of hydrogen-bond donors (Lipinski definition) is 1. The average molecular weight is 219 g/mol. The van der Waals surface area contributed by atoms with Gasteiger partial charge >= 0.3 is 0 Å². The molecule has 0 aliphatic carbocycles. The normalized spacial score (nSPS) is 20.9. The van der Waals surface area contributed by atoms with Crippen molar-refractivity contribution >= 4 is 11.8 Å². The molecule has 0 radical (unpaired) electrons. The molecule has 0 aromatic carbocycles. The van der Waals surface area contributed by atoms with Crippen molar-refractivity contribution in [2.24, 2.45) is 0 Å². The third-order valence-corrected chi connectivity index (χ3v) is 3.71. The van der Waals surface area contributed by atoms with Crippen LogP contribution >= 0.6 is 11.8 Å². The van der Waals surface area contributed by atoms with Gasteiger partial charge in [-0.25, -0.2) is 4.98 Å². The summed E-state index contributed by atoms with van der Waals surface area (Å²) < 4.78 is 0. The molecular weight excluding hydrogens is 206 g/mol. The first-order valence-corrected chi connectivity index (χ1v) is 6.00. The number of piperidine rings is 1. The summed E-state index contributed by atoms with van der Waals surface area (Å²) in [6, 6.07) is 5.81. The Morgan fingerprint density at radius 3 is 3.27 bits per heavy atom. The van der Waals surface area contributed by atoms with E-state index in [0.717, 1.165) is 18.1 Å². The highest BCUT2D eigenvalue weighted by Crippen LogP contribution is 2.27. The lowest BCUT2D eigenvalue weighted by atomic mass is 10.2. The van der Waals surface area contributed by atoms with E-state index in [2.05, 4.69) is 16.4 Å². The topological polar surface area (TPSA) is 48.7 Å². The maximum absolute atomic E-state index is 8.93. The van der Waals surface area contributed by atoms with Crippen LogP contribution in [0.3, 0.4) is 0 Å². The number of rotatable bonds is 2. The Morgan fingerprint density at radius 2 is 2.53 bits per heavy atom. The number of thioether (sulfide) groups is 1. The Morgan fingerprint density at radius 1 is 1.60 bits per heavy atom. The van der Waals surface area contributed by atoms with E-state index in [1.54, 1.807) is 18.0 Å². The van der Waals surface area contributed by atoms with Crippen LogP contribution in [-0.2, 0) is 0 Å². The minimum Gasteiger partial charge on any atom is -0.316 e. The summed E-state index contributed by atoms with van der Waals surface area (Å²) in [6.45, 7) is 2.14. The first-order chi connectivity index (χ1) is 7.40. The molecule has 0 saturated carbocycles. The van der Waals surface area contributed by atoms with Gasteiger partial charge in [0.1, 0.15) is 11.1 Å². The van der Waals surface area contributed by atoms with E-state index >= 15 is 0 Å². The molecule has 0 amide bonds. The summed E-state index contributed by atoms with van der Waals surface area (Å²) in [4.78, 5) is 4.26. The Kier molecular flexibility index (Phi) is 3.59. The number of nitriles is 1. The van der Waals surface area contributed by atoms with Crippen LogP contribution in [0.1, 0.15) is 18.4 Å². The second-order valence-electron chi connectivity index (χ2n) is 3.55. The van der Waals surface area contributed by atoms with Crippen molar-refractivity contribution in [2.45, 2.75) is 23.1 Å². The van der Waals surface area contributed by atoms with Crippen LogP contribution in [-0.4, -0.2) is 23.3 Å². The molecule has 0 spiro atoms. The van der Waals surface area contributed by atoms with Gasteiger partial charge in [-0.1, -0.05) is 0 Å². The minimum atomic E-state index is 0.556. The van der Waals surface area contributed by atoms with Crippen LogP contribution in [0.15, 0.2) is 23.4 Å². The molecule has 1 atom stereocenters. The van der Waals surface area contributed by atoms with Crippen molar-refractivity contribution in [2.75, 3.05) is 13.1 Å². The van der Waals surface area contributed by atoms with Crippen molar-refractivity contribution in [1.29, 1.82) is 5.26 Å². The maximum atomic E-state index is 8.93. The van der Waals surface area contributed by atoms with Gasteiger partial charge in [-0.3, -0.25) is 0 Å². The van der Waals surface area contributed by atoms with Crippen molar-refractivity contribution in [3.8, 4) is 6.07 Å². The maximum Gasteiger partial charge on any atom is 0.114 e. The van der Waals surface area contributed by atoms with Gasteiger partial charge in [0.05, 0.1) is 5.56 Å². The quantitative estimate of drug-likeness (QED) is 0.824. The van der Waals surface area contributed by atoms with Crippen molar-refractivity contribution in [3.63, 3.8) is 0 Å². The summed E-state index contributed by atoms with van der Waals surface area (Å²) in [5, 5.41) is 13.7. The first-order valence-electron chi connectivity index (χ1n) is 5.12.